The van der Waals surface area contributed by atoms with Crippen molar-refractivity contribution in [3.8, 4) is 11.8 Å². The number of rotatable bonds is 4. The Kier molecular flexibility index (Phi) is 5.60. The van der Waals surface area contributed by atoms with E-state index in [-0.39, 0.29) is 6.04 Å². The van der Waals surface area contributed by atoms with Gasteiger partial charge in [0.2, 0.25) is 0 Å². The third-order valence-corrected chi connectivity index (χ3v) is 3.97. The van der Waals surface area contributed by atoms with Crippen molar-refractivity contribution in [2.24, 2.45) is 5.92 Å². The summed E-state index contributed by atoms with van der Waals surface area (Å²) in [7, 11) is 4.03. The van der Waals surface area contributed by atoms with Gasteiger partial charge in [-0.05, 0) is 20.0 Å². The van der Waals surface area contributed by atoms with Gasteiger partial charge in [0.1, 0.15) is 0 Å². The molecular weight excluding hydrogens is 282 g/mol. The van der Waals surface area contributed by atoms with E-state index in [1.54, 1.807) is 0 Å². The first-order valence-electron chi connectivity index (χ1n) is 7.97. The van der Waals surface area contributed by atoms with Gasteiger partial charge in [-0.3, -0.25) is 4.90 Å². The van der Waals surface area contributed by atoms with Crippen LogP contribution in [0.1, 0.15) is 25.0 Å². The van der Waals surface area contributed by atoms with Crippen LogP contribution in [0, 0.1) is 17.8 Å². The Morgan fingerprint density at radius 1 is 0.870 bits per heavy atom. The van der Waals surface area contributed by atoms with Crippen molar-refractivity contribution < 1.29 is 5.11 Å². The van der Waals surface area contributed by atoms with Crippen molar-refractivity contribution >= 4 is 0 Å². The monoisotopic (exact) mass is 307 g/mol. The van der Waals surface area contributed by atoms with Crippen molar-refractivity contribution in [3.63, 3.8) is 0 Å². The van der Waals surface area contributed by atoms with Gasteiger partial charge in [-0.1, -0.05) is 86.4 Å². The maximum absolute atomic E-state index is 11.4. The zero-order valence-electron chi connectivity index (χ0n) is 14.3. The highest BCUT2D eigenvalue weighted by Gasteiger charge is 2.29. The van der Waals surface area contributed by atoms with Gasteiger partial charge in [0, 0.05) is 11.1 Å². The molecule has 0 aliphatic rings. The first kappa shape index (κ1) is 17.3. The van der Waals surface area contributed by atoms with Gasteiger partial charge in [0.05, 0.1) is 6.04 Å². The molecule has 2 aromatic carbocycles. The highest BCUT2D eigenvalue weighted by atomic mass is 16.3. The highest BCUT2D eigenvalue weighted by molar-refractivity contribution is 5.44. The molecule has 0 spiro atoms. The van der Waals surface area contributed by atoms with Crippen LogP contribution < -0.4 is 0 Å². The molecule has 0 saturated heterocycles. The van der Waals surface area contributed by atoms with Gasteiger partial charge in [-0.15, -0.1) is 0 Å². The lowest BCUT2D eigenvalue weighted by Crippen LogP contribution is -2.33. The summed E-state index contributed by atoms with van der Waals surface area (Å²) in [5.74, 6) is 6.82. The lowest BCUT2D eigenvalue weighted by Gasteiger charge is -2.26. The van der Waals surface area contributed by atoms with E-state index in [9.17, 15) is 5.11 Å². The summed E-state index contributed by atoms with van der Waals surface area (Å²) < 4.78 is 0. The Morgan fingerprint density at radius 2 is 1.30 bits per heavy atom. The number of aliphatic hydroxyl groups is 1. The van der Waals surface area contributed by atoms with E-state index in [0.29, 0.717) is 5.92 Å². The second-order valence-corrected chi connectivity index (χ2v) is 6.36. The maximum Gasteiger partial charge on any atom is 0.176 e. The molecule has 0 radical (unpaired) electrons. The molecule has 0 fully saturated rings. The molecular formula is C21H25NO. The Balaban J connectivity index is 2.53. The lowest BCUT2D eigenvalue weighted by atomic mass is 9.86. The SMILES string of the molecule is CC(C)[C@@H](C#CC(O)(c1ccccc1)c1ccccc1)N(C)C. The predicted octanol–water partition coefficient (Wildman–Crippen LogP) is 3.51. The molecule has 1 N–H and O–H groups in total. The molecule has 2 nitrogen and oxygen atoms in total. The average Bonchev–Trinajstić information content (AvgIpc) is 2.55. The van der Waals surface area contributed by atoms with E-state index >= 15 is 0 Å². The minimum atomic E-state index is -1.30. The first-order chi connectivity index (χ1) is 10.9. The molecule has 120 valence electrons. The zero-order valence-corrected chi connectivity index (χ0v) is 14.3. The van der Waals surface area contributed by atoms with E-state index in [1.807, 2.05) is 74.8 Å². The summed E-state index contributed by atoms with van der Waals surface area (Å²) in [5.41, 5.74) is 0.283. The largest absolute Gasteiger partial charge is 0.369 e. The van der Waals surface area contributed by atoms with Crippen LogP contribution in [0.25, 0.3) is 0 Å². The number of hydrogen-bond donors (Lipinski definition) is 1. The molecule has 2 heteroatoms. The second-order valence-electron chi connectivity index (χ2n) is 6.36. The molecule has 0 aliphatic carbocycles. The molecule has 0 bridgehead atoms. The predicted molar refractivity (Wildman–Crippen MR) is 96.0 cm³/mol. The standard InChI is InChI=1S/C21H25NO/c1-17(2)20(22(3)4)15-16-21(23,18-11-7-5-8-12-18)19-13-9-6-10-14-19/h5-14,17,20,23H,1-4H3/t20-/m1/s1. The molecule has 2 aromatic rings. The van der Waals surface area contributed by atoms with Gasteiger partial charge in [-0.2, -0.15) is 0 Å². The normalized spacial score (nSPS) is 12.8. The molecule has 23 heavy (non-hydrogen) atoms. The van der Waals surface area contributed by atoms with Crippen LogP contribution in [0.5, 0.6) is 0 Å². The van der Waals surface area contributed by atoms with Gasteiger partial charge < -0.3 is 5.11 Å². The van der Waals surface area contributed by atoms with E-state index in [0.717, 1.165) is 11.1 Å². The molecule has 0 heterocycles. The van der Waals surface area contributed by atoms with Gasteiger partial charge in [0.25, 0.3) is 0 Å². The summed E-state index contributed by atoms with van der Waals surface area (Å²) in [6.07, 6.45) is 0. The fourth-order valence-corrected chi connectivity index (χ4v) is 2.74. The van der Waals surface area contributed by atoms with Crippen molar-refractivity contribution in [2.75, 3.05) is 14.1 Å². The van der Waals surface area contributed by atoms with Crippen molar-refractivity contribution in [1.82, 2.24) is 4.90 Å². The summed E-state index contributed by atoms with van der Waals surface area (Å²) >= 11 is 0. The quantitative estimate of drug-likeness (QED) is 0.874. The molecule has 0 aromatic heterocycles. The number of benzene rings is 2. The van der Waals surface area contributed by atoms with Crippen molar-refractivity contribution in [1.29, 1.82) is 0 Å². The summed E-state index contributed by atoms with van der Waals surface area (Å²) in [6.45, 7) is 4.28. The summed E-state index contributed by atoms with van der Waals surface area (Å²) in [5, 5.41) is 11.4. The molecule has 0 saturated carbocycles. The molecule has 0 amide bonds. The second kappa shape index (κ2) is 7.46. The molecule has 0 aliphatic heterocycles. The van der Waals surface area contributed by atoms with Crippen LogP contribution in [0.3, 0.4) is 0 Å². The lowest BCUT2D eigenvalue weighted by molar-refractivity contribution is 0.144. The van der Waals surface area contributed by atoms with Gasteiger partial charge in [-0.25, -0.2) is 0 Å². The Morgan fingerprint density at radius 3 is 1.65 bits per heavy atom. The topological polar surface area (TPSA) is 23.5 Å². The maximum atomic E-state index is 11.4. The van der Waals surface area contributed by atoms with Gasteiger partial charge >= 0.3 is 0 Å². The van der Waals surface area contributed by atoms with E-state index < -0.39 is 5.60 Å². The minimum absolute atomic E-state index is 0.0916. The Hall–Kier alpha value is -2.08. The first-order valence-corrected chi connectivity index (χ1v) is 7.97. The fraction of sp³-hybridized carbons (Fsp3) is 0.333. The Bertz CT molecular complexity index is 618. The van der Waals surface area contributed by atoms with Crippen LogP contribution >= 0.6 is 0 Å². The highest BCUT2D eigenvalue weighted by Crippen LogP contribution is 2.29. The number of nitrogens with zero attached hydrogens (tertiary/aromatic N) is 1. The van der Waals surface area contributed by atoms with E-state index in [4.69, 9.17) is 0 Å². The van der Waals surface area contributed by atoms with Crippen molar-refractivity contribution in [2.45, 2.75) is 25.5 Å². The average molecular weight is 307 g/mol. The van der Waals surface area contributed by atoms with Gasteiger partial charge in [0.15, 0.2) is 5.60 Å². The molecule has 0 unspecified atom stereocenters. The summed E-state index contributed by atoms with van der Waals surface area (Å²) in [4.78, 5) is 2.09. The van der Waals surface area contributed by atoms with Crippen LogP contribution in [-0.4, -0.2) is 30.1 Å². The number of hydrogen-bond acceptors (Lipinski definition) is 2. The third-order valence-electron chi connectivity index (χ3n) is 3.97. The zero-order chi connectivity index (χ0) is 16.9. The smallest absolute Gasteiger partial charge is 0.176 e. The van der Waals surface area contributed by atoms with Crippen LogP contribution in [0.2, 0.25) is 0 Å². The molecule has 1 atom stereocenters. The van der Waals surface area contributed by atoms with E-state index in [2.05, 4.69) is 30.6 Å². The van der Waals surface area contributed by atoms with E-state index in [1.165, 1.54) is 0 Å². The summed E-state index contributed by atoms with van der Waals surface area (Å²) in [6, 6.07) is 19.4. The van der Waals surface area contributed by atoms with Crippen LogP contribution in [0.15, 0.2) is 60.7 Å². The molecule has 2 rings (SSSR count). The van der Waals surface area contributed by atoms with Crippen LogP contribution in [-0.2, 0) is 5.60 Å². The fourth-order valence-electron chi connectivity index (χ4n) is 2.74. The van der Waals surface area contributed by atoms with Crippen molar-refractivity contribution in [3.05, 3.63) is 71.8 Å². The van der Waals surface area contributed by atoms with Crippen LogP contribution in [0.4, 0.5) is 0 Å². The minimum Gasteiger partial charge on any atom is -0.369 e. The Labute approximate surface area is 139 Å². The third kappa shape index (κ3) is 4.01.